The molecule has 1 atom stereocenters. The number of anilines is 1. The van der Waals surface area contributed by atoms with Crippen molar-refractivity contribution in [1.29, 1.82) is 0 Å². The molecule has 0 bridgehead atoms. The lowest BCUT2D eigenvalue weighted by molar-refractivity contribution is 0.246. The molecule has 1 aliphatic heterocycles. The Kier molecular flexibility index (Phi) is 4.09. The minimum Gasteiger partial charge on any atom is -0.488 e. The number of halogens is 1. The lowest BCUT2D eigenvalue weighted by Gasteiger charge is -2.15. The average Bonchev–Trinajstić information content (AvgIpc) is 2.88. The molecule has 3 heteroatoms. The third-order valence-electron chi connectivity index (χ3n) is 3.82. The third-order valence-corrected chi connectivity index (χ3v) is 3.82. The zero-order valence-corrected chi connectivity index (χ0v) is 12.2. The van der Waals surface area contributed by atoms with E-state index in [2.05, 4.69) is 30.4 Å². The van der Waals surface area contributed by atoms with Crippen LogP contribution >= 0.6 is 0 Å². The van der Waals surface area contributed by atoms with Crippen molar-refractivity contribution in [2.24, 2.45) is 0 Å². The Morgan fingerprint density at radius 3 is 2.95 bits per heavy atom. The van der Waals surface area contributed by atoms with Gasteiger partial charge in [-0.05, 0) is 36.2 Å². The summed E-state index contributed by atoms with van der Waals surface area (Å²) in [6.07, 6.45) is 3.02. The number of fused-ring (bicyclic) bond motifs is 1. The first-order valence-corrected chi connectivity index (χ1v) is 7.53. The number of hydrogen-bond donors (Lipinski definition) is 1. The van der Waals surface area contributed by atoms with Gasteiger partial charge in [0.05, 0.1) is 6.54 Å². The van der Waals surface area contributed by atoms with Gasteiger partial charge in [0.1, 0.15) is 17.7 Å². The van der Waals surface area contributed by atoms with E-state index < -0.39 is 0 Å². The summed E-state index contributed by atoms with van der Waals surface area (Å²) in [6.45, 7) is 2.92. The predicted octanol–water partition coefficient (Wildman–Crippen LogP) is 4.19. The van der Waals surface area contributed by atoms with Crippen molar-refractivity contribution in [3.05, 3.63) is 59.4 Å². The Labute approximate surface area is 125 Å². The number of ether oxygens (including phenoxy) is 1. The molecule has 2 aromatic rings. The Bertz CT molecular complexity index is 626. The van der Waals surface area contributed by atoms with Gasteiger partial charge in [-0.2, -0.15) is 0 Å². The molecule has 0 spiro atoms. The minimum atomic E-state index is -0.195. The molecule has 0 saturated heterocycles. The van der Waals surface area contributed by atoms with Crippen molar-refractivity contribution >= 4 is 5.69 Å². The van der Waals surface area contributed by atoms with E-state index in [4.69, 9.17) is 4.74 Å². The SMILES string of the molecule is CCCc1ccccc1NCC1Cc2cc(F)ccc2O1. The Morgan fingerprint density at radius 2 is 2.10 bits per heavy atom. The van der Waals surface area contributed by atoms with Crippen molar-refractivity contribution in [2.75, 3.05) is 11.9 Å². The van der Waals surface area contributed by atoms with Crippen LogP contribution < -0.4 is 10.1 Å². The first-order chi connectivity index (χ1) is 10.3. The molecule has 1 N–H and O–H groups in total. The fourth-order valence-corrected chi connectivity index (χ4v) is 2.81. The molecule has 1 aliphatic rings. The second-order valence-electron chi connectivity index (χ2n) is 5.48. The molecule has 2 aromatic carbocycles. The van der Waals surface area contributed by atoms with Crippen LogP contribution in [0, 0.1) is 5.82 Å². The number of hydrogen-bond acceptors (Lipinski definition) is 2. The highest BCUT2D eigenvalue weighted by Gasteiger charge is 2.23. The molecular formula is C18H20FNO. The van der Waals surface area contributed by atoms with Crippen LogP contribution in [-0.2, 0) is 12.8 Å². The molecule has 2 nitrogen and oxygen atoms in total. The summed E-state index contributed by atoms with van der Waals surface area (Å²) in [7, 11) is 0. The van der Waals surface area contributed by atoms with Gasteiger partial charge < -0.3 is 10.1 Å². The lowest BCUT2D eigenvalue weighted by atomic mass is 10.1. The maximum absolute atomic E-state index is 13.2. The summed E-state index contributed by atoms with van der Waals surface area (Å²) in [6, 6.07) is 13.1. The van der Waals surface area contributed by atoms with Gasteiger partial charge in [-0.1, -0.05) is 31.5 Å². The van der Waals surface area contributed by atoms with E-state index in [1.54, 1.807) is 12.1 Å². The summed E-state index contributed by atoms with van der Waals surface area (Å²) in [4.78, 5) is 0. The highest BCUT2D eigenvalue weighted by atomic mass is 19.1. The van der Waals surface area contributed by atoms with Crippen LogP contribution in [0.15, 0.2) is 42.5 Å². The monoisotopic (exact) mass is 285 g/mol. The van der Waals surface area contributed by atoms with E-state index in [-0.39, 0.29) is 11.9 Å². The quantitative estimate of drug-likeness (QED) is 0.889. The van der Waals surface area contributed by atoms with Crippen LogP contribution in [0.5, 0.6) is 5.75 Å². The second-order valence-corrected chi connectivity index (χ2v) is 5.48. The molecule has 0 fully saturated rings. The maximum Gasteiger partial charge on any atom is 0.123 e. The van der Waals surface area contributed by atoms with E-state index in [9.17, 15) is 4.39 Å². The first kappa shape index (κ1) is 13.9. The van der Waals surface area contributed by atoms with Crippen molar-refractivity contribution < 1.29 is 9.13 Å². The zero-order valence-electron chi connectivity index (χ0n) is 12.2. The first-order valence-electron chi connectivity index (χ1n) is 7.53. The summed E-state index contributed by atoms with van der Waals surface area (Å²) < 4.78 is 19.1. The number of rotatable bonds is 5. The van der Waals surface area contributed by atoms with Gasteiger partial charge in [-0.3, -0.25) is 0 Å². The number of nitrogens with one attached hydrogen (secondary N) is 1. The van der Waals surface area contributed by atoms with E-state index in [1.165, 1.54) is 17.3 Å². The molecule has 0 amide bonds. The van der Waals surface area contributed by atoms with Crippen molar-refractivity contribution in [1.82, 2.24) is 0 Å². The topological polar surface area (TPSA) is 21.3 Å². The van der Waals surface area contributed by atoms with Crippen LogP contribution in [0.2, 0.25) is 0 Å². The minimum absolute atomic E-state index is 0.0662. The van der Waals surface area contributed by atoms with Crippen molar-refractivity contribution in [3.63, 3.8) is 0 Å². The molecular weight excluding hydrogens is 265 g/mol. The van der Waals surface area contributed by atoms with Gasteiger partial charge in [0.15, 0.2) is 0 Å². The van der Waals surface area contributed by atoms with Gasteiger partial charge in [0.25, 0.3) is 0 Å². The Hall–Kier alpha value is -2.03. The van der Waals surface area contributed by atoms with Gasteiger partial charge in [0.2, 0.25) is 0 Å². The lowest BCUT2D eigenvalue weighted by Crippen LogP contribution is -2.24. The average molecular weight is 285 g/mol. The van der Waals surface area contributed by atoms with Gasteiger partial charge >= 0.3 is 0 Å². The van der Waals surface area contributed by atoms with Crippen LogP contribution in [0.25, 0.3) is 0 Å². The molecule has 0 saturated carbocycles. The van der Waals surface area contributed by atoms with E-state index in [0.717, 1.165) is 37.1 Å². The summed E-state index contributed by atoms with van der Waals surface area (Å²) >= 11 is 0. The van der Waals surface area contributed by atoms with E-state index >= 15 is 0 Å². The second kappa shape index (κ2) is 6.17. The number of aryl methyl sites for hydroxylation is 1. The molecule has 110 valence electrons. The zero-order chi connectivity index (χ0) is 14.7. The summed E-state index contributed by atoms with van der Waals surface area (Å²) in [5, 5.41) is 3.47. The van der Waals surface area contributed by atoms with Crippen LogP contribution in [-0.4, -0.2) is 12.6 Å². The highest BCUT2D eigenvalue weighted by Crippen LogP contribution is 2.29. The molecule has 1 unspecified atom stereocenters. The van der Waals surface area contributed by atoms with E-state index in [1.807, 2.05) is 6.07 Å². The van der Waals surface area contributed by atoms with Crippen LogP contribution in [0.4, 0.5) is 10.1 Å². The molecule has 0 aliphatic carbocycles. The number of para-hydroxylation sites is 1. The summed E-state index contributed by atoms with van der Waals surface area (Å²) in [5.74, 6) is 0.615. The predicted molar refractivity (Wildman–Crippen MR) is 83.4 cm³/mol. The molecule has 0 radical (unpaired) electrons. The smallest absolute Gasteiger partial charge is 0.123 e. The Balaban J connectivity index is 1.62. The fourth-order valence-electron chi connectivity index (χ4n) is 2.81. The van der Waals surface area contributed by atoms with E-state index in [0.29, 0.717) is 0 Å². The van der Waals surface area contributed by atoms with Crippen LogP contribution in [0.3, 0.4) is 0 Å². The highest BCUT2D eigenvalue weighted by molar-refractivity contribution is 5.51. The molecule has 0 aromatic heterocycles. The summed E-state index contributed by atoms with van der Waals surface area (Å²) in [5.41, 5.74) is 3.47. The largest absolute Gasteiger partial charge is 0.488 e. The van der Waals surface area contributed by atoms with Gasteiger partial charge in [-0.25, -0.2) is 4.39 Å². The molecule has 1 heterocycles. The van der Waals surface area contributed by atoms with Crippen molar-refractivity contribution in [2.45, 2.75) is 32.3 Å². The Morgan fingerprint density at radius 1 is 1.24 bits per heavy atom. The number of benzene rings is 2. The fraction of sp³-hybridized carbons (Fsp3) is 0.333. The van der Waals surface area contributed by atoms with Crippen LogP contribution in [0.1, 0.15) is 24.5 Å². The van der Waals surface area contributed by atoms with Crippen molar-refractivity contribution in [3.8, 4) is 5.75 Å². The normalized spacial score (nSPS) is 16.4. The van der Waals surface area contributed by atoms with Gasteiger partial charge in [0, 0.05) is 17.7 Å². The molecule has 21 heavy (non-hydrogen) atoms. The third kappa shape index (κ3) is 3.18. The van der Waals surface area contributed by atoms with Gasteiger partial charge in [-0.15, -0.1) is 0 Å². The standard InChI is InChI=1S/C18H20FNO/c1-2-5-13-6-3-4-7-17(13)20-12-16-11-14-10-15(19)8-9-18(14)21-16/h3-4,6-10,16,20H,2,5,11-12H2,1H3. The molecule has 3 rings (SSSR count). The maximum atomic E-state index is 13.2.